The second-order valence-electron chi connectivity index (χ2n) is 11.5. The van der Waals surface area contributed by atoms with Gasteiger partial charge < -0.3 is 5.11 Å². The van der Waals surface area contributed by atoms with Gasteiger partial charge in [-0.05, 0) is 97.6 Å². The molecule has 0 unspecified atom stereocenters. The third-order valence-electron chi connectivity index (χ3n) is 9.54. The van der Waals surface area contributed by atoms with Crippen molar-refractivity contribution in [1.29, 1.82) is 0 Å². The highest BCUT2D eigenvalue weighted by Crippen LogP contribution is 2.67. The molecule has 0 aliphatic heterocycles. The summed E-state index contributed by atoms with van der Waals surface area (Å²) in [5, 5.41) is 10.6. The van der Waals surface area contributed by atoms with Gasteiger partial charge in [0.2, 0.25) is 0 Å². The second kappa shape index (κ2) is 7.75. The van der Waals surface area contributed by atoms with E-state index in [4.69, 9.17) is 6.85 Å². The lowest BCUT2D eigenvalue weighted by Gasteiger charge is -2.58. The number of hydrogen-bond acceptors (Lipinski definition) is 1. The van der Waals surface area contributed by atoms with Crippen LogP contribution in [-0.4, -0.2) is 11.2 Å². The number of rotatable bonds is 5. The van der Waals surface area contributed by atoms with Gasteiger partial charge in [0, 0.05) is 5.48 Å². The van der Waals surface area contributed by atoms with E-state index in [9.17, 15) is 5.11 Å². The summed E-state index contributed by atoms with van der Waals surface area (Å²) in [5.74, 6) is 3.54. The van der Waals surface area contributed by atoms with Gasteiger partial charge in [-0.3, -0.25) is 0 Å². The summed E-state index contributed by atoms with van der Waals surface area (Å²) < 4.78 is 42.4. The predicted molar refractivity (Wildman–Crippen MR) is 119 cm³/mol. The van der Waals surface area contributed by atoms with Gasteiger partial charge in [-0.15, -0.1) is 0 Å². The molecule has 8 atom stereocenters. The maximum Gasteiger partial charge on any atom is 0.0604 e. The average molecular weight is 392 g/mol. The molecule has 1 N–H and O–H groups in total. The van der Waals surface area contributed by atoms with Crippen LogP contribution < -0.4 is 0 Å². The summed E-state index contributed by atoms with van der Waals surface area (Å²) in [4.78, 5) is 0. The molecular weight excluding hydrogens is 340 g/mol. The Morgan fingerprint density at radius 1 is 1.14 bits per heavy atom. The summed E-state index contributed by atoms with van der Waals surface area (Å²) in [6, 6.07) is 0. The van der Waals surface area contributed by atoms with Gasteiger partial charge in [-0.1, -0.05) is 65.5 Å². The lowest BCUT2D eigenvalue weighted by molar-refractivity contribution is -0.0573. The maximum absolute atomic E-state index is 10.6. The third kappa shape index (κ3) is 3.42. The van der Waals surface area contributed by atoms with E-state index in [0.29, 0.717) is 22.8 Å². The Bertz CT molecular complexity index is 789. The lowest BCUT2D eigenvalue weighted by atomic mass is 9.47. The molecule has 0 saturated heterocycles. The van der Waals surface area contributed by atoms with E-state index in [-0.39, 0.29) is 12.3 Å². The van der Waals surface area contributed by atoms with Crippen molar-refractivity contribution in [3.05, 3.63) is 11.6 Å². The van der Waals surface area contributed by atoms with Crippen LogP contribution in [0, 0.1) is 46.3 Å². The minimum atomic E-state index is -2.76. The molecule has 3 saturated carbocycles. The first kappa shape index (κ1) is 15.5. The van der Waals surface area contributed by atoms with Crippen molar-refractivity contribution in [2.75, 3.05) is 0 Å². The fourth-order valence-electron chi connectivity index (χ4n) is 7.98. The number of hydrogen-bond donors (Lipinski definition) is 1. The Morgan fingerprint density at radius 2 is 1.93 bits per heavy atom. The zero-order chi connectivity index (χ0) is 24.6. The van der Waals surface area contributed by atoms with Crippen LogP contribution in [0.1, 0.15) is 112 Å². The first-order valence-corrected chi connectivity index (χ1v) is 12.0. The number of allylic oxidation sites excluding steroid dienone is 1. The zero-order valence-corrected chi connectivity index (χ0v) is 18.9. The van der Waals surface area contributed by atoms with Gasteiger partial charge in [-0.25, -0.2) is 0 Å². The smallest absolute Gasteiger partial charge is 0.0604 e. The molecule has 0 bridgehead atoms. The normalized spacial score (nSPS) is 55.4. The van der Waals surface area contributed by atoms with Gasteiger partial charge >= 0.3 is 0 Å². The van der Waals surface area contributed by atoms with E-state index in [1.165, 1.54) is 32.1 Å². The Kier molecular flexibility index (Phi) is 4.29. The maximum atomic E-state index is 10.6. The summed E-state index contributed by atoms with van der Waals surface area (Å²) in [6.45, 7) is 11.6. The van der Waals surface area contributed by atoms with Gasteiger partial charge in [-0.2, -0.15) is 0 Å². The molecule has 4 rings (SSSR count). The summed E-state index contributed by atoms with van der Waals surface area (Å²) in [5.41, 5.74) is 0.179. The minimum absolute atomic E-state index is 0.0327. The first-order valence-electron chi connectivity index (χ1n) is 14.5. The van der Waals surface area contributed by atoms with Crippen molar-refractivity contribution >= 4 is 0 Å². The molecule has 4 aliphatic rings. The van der Waals surface area contributed by atoms with Crippen molar-refractivity contribution in [1.82, 2.24) is 0 Å². The zero-order valence-electron chi connectivity index (χ0n) is 23.9. The van der Waals surface area contributed by atoms with E-state index < -0.39 is 24.2 Å². The summed E-state index contributed by atoms with van der Waals surface area (Å²) >= 11 is 0. The Morgan fingerprint density at radius 3 is 2.68 bits per heavy atom. The van der Waals surface area contributed by atoms with Crippen LogP contribution in [0.15, 0.2) is 11.6 Å². The number of fused-ring (bicyclic) bond motifs is 5. The van der Waals surface area contributed by atoms with E-state index in [0.717, 1.165) is 37.0 Å². The van der Waals surface area contributed by atoms with Crippen molar-refractivity contribution in [2.45, 2.75) is 111 Å². The fraction of sp³-hybridized carbons (Fsp3) is 0.926. The lowest BCUT2D eigenvalue weighted by Crippen LogP contribution is -2.50. The Hall–Kier alpha value is -0.300. The highest BCUT2D eigenvalue weighted by atomic mass is 16.3. The molecule has 0 spiro atoms. The monoisotopic (exact) mass is 391 g/mol. The molecule has 160 valence electrons. The van der Waals surface area contributed by atoms with Crippen molar-refractivity contribution in [3.63, 3.8) is 0 Å². The molecule has 0 radical (unpaired) electrons. The van der Waals surface area contributed by atoms with Crippen LogP contribution in [-0.2, 0) is 0 Å². The molecule has 1 heteroatoms. The van der Waals surface area contributed by atoms with E-state index in [1.54, 1.807) is 0 Å². The standard InChI is InChI=1S/C27H46O/c1-18(2)7-6-8-19(3)23-11-12-24-22-10-9-20-17-21(28)13-15-26(20,4)25(22)14-16-27(23,24)5/h9,18-19,21-25,28H,6-8,10-17H2,1-5H3/t19-,21+,22+,23-,24+,25+,26+,27-/m1/s1/i13D2,17D2,21D. The molecule has 4 aliphatic carbocycles. The van der Waals surface area contributed by atoms with E-state index in [1.807, 2.05) is 13.0 Å². The topological polar surface area (TPSA) is 20.2 Å². The summed E-state index contributed by atoms with van der Waals surface area (Å²) in [7, 11) is 0. The molecule has 0 heterocycles. The van der Waals surface area contributed by atoms with Gasteiger partial charge in [0.05, 0.1) is 7.45 Å². The summed E-state index contributed by atoms with van der Waals surface area (Å²) in [6.07, 6.45) is 3.98. The molecule has 28 heavy (non-hydrogen) atoms. The van der Waals surface area contributed by atoms with Gasteiger partial charge in [0.1, 0.15) is 0 Å². The number of aliphatic hydroxyl groups is 1. The van der Waals surface area contributed by atoms with Crippen molar-refractivity contribution in [2.24, 2.45) is 46.3 Å². The molecule has 0 aromatic rings. The molecule has 0 aromatic carbocycles. The van der Waals surface area contributed by atoms with Crippen molar-refractivity contribution in [3.8, 4) is 0 Å². The highest BCUT2D eigenvalue weighted by molar-refractivity contribution is 5.25. The molecular formula is C27H46O. The Balaban J connectivity index is 1.60. The predicted octanol–water partition coefficient (Wildman–Crippen LogP) is 7.39. The SMILES string of the molecule is [2H]C1([2H])C[C@@]2(C)C(=CC[C@H]3[C@@H]4CC[C@H]([C@H](C)CCCC(C)C)[C@@]4(C)CC[C@@H]32)C([2H])([2H])[C@@]1([2H])O. The molecule has 0 amide bonds. The van der Waals surface area contributed by atoms with E-state index in [2.05, 4.69) is 27.7 Å². The fourth-order valence-corrected chi connectivity index (χ4v) is 7.98. The molecule has 0 aromatic heterocycles. The highest BCUT2D eigenvalue weighted by Gasteiger charge is 2.59. The van der Waals surface area contributed by atoms with Crippen LogP contribution in [0.3, 0.4) is 0 Å². The van der Waals surface area contributed by atoms with Crippen LogP contribution in [0.2, 0.25) is 0 Å². The third-order valence-corrected chi connectivity index (χ3v) is 9.54. The largest absolute Gasteiger partial charge is 0.393 e. The molecule has 3 fully saturated rings. The van der Waals surface area contributed by atoms with Crippen LogP contribution in [0.5, 0.6) is 0 Å². The average Bonchev–Trinajstić information content (AvgIpc) is 3.03. The van der Waals surface area contributed by atoms with Gasteiger partial charge in [0.15, 0.2) is 0 Å². The van der Waals surface area contributed by atoms with Crippen LogP contribution in [0.4, 0.5) is 0 Å². The van der Waals surface area contributed by atoms with E-state index >= 15 is 0 Å². The van der Waals surface area contributed by atoms with Crippen molar-refractivity contribution < 1.29 is 12.0 Å². The first-order chi connectivity index (χ1) is 15.1. The minimum Gasteiger partial charge on any atom is -0.393 e. The van der Waals surface area contributed by atoms with Gasteiger partial charge in [0.25, 0.3) is 0 Å². The molecule has 1 nitrogen and oxygen atoms in total. The van der Waals surface area contributed by atoms with Crippen LogP contribution in [0.25, 0.3) is 0 Å². The quantitative estimate of drug-likeness (QED) is 0.484. The second-order valence-corrected chi connectivity index (χ2v) is 11.5. The Labute approximate surface area is 181 Å². The van der Waals surface area contributed by atoms with Crippen LogP contribution >= 0.6 is 0 Å².